The van der Waals surface area contributed by atoms with Crippen LogP contribution in [0.2, 0.25) is 0 Å². The Kier molecular flexibility index (Phi) is 4.01. The van der Waals surface area contributed by atoms with E-state index in [4.69, 9.17) is 13.6 Å². The Labute approximate surface area is 121 Å². The van der Waals surface area contributed by atoms with Gasteiger partial charge in [0, 0.05) is 25.9 Å². The van der Waals surface area contributed by atoms with Gasteiger partial charge in [-0.25, -0.2) is 0 Å². The van der Waals surface area contributed by atoms with E-state index in [1.54, 1.807) is 17.2 Å². The lowest BCUT2D eigenvalue weighted by molar-refractivity contribution is -0.135. The molecule has 0 radical (unpaired) electrons. The van der Waals surface area contributed by atoms with Crippen LogP contribution in [0, 0.1) is 6.92 Å². The molecule has 0 saturated carbocycles. The molecule has 0 atom stereocenters. The minimum absolute atomic E-state index is 0.0949. The van der Waals surface area contributed by atoms with Crippen LogP contribution in [0.3, 0.4) is 0 Å². The van der Waals surface area contributed by atoms with Crippen molar-refractivity contribution >= 4 is 5.91 Å². The molecule has 1 amide bonds. The SMILES string of the molecule is Cc1occc1-c1nnc(CCC(=O)N2CCOCC2)o1. The van der Waals surface area contributed by atoms with Gasteiger partial charge in [-0.1, -0.05) is 0 Å². The number of hydrogen-bond donors (Lipinski definition) is 0. The van der Waals surface area contributed by atoms with Crippen LogP contribution in [0.5, 0.6) is 0 Å². The molecule has 112 valence electrons. The average molecular weight is 291 g/mol. The molecule has 3 heterocycles. The maximum Gasteiger partial charge on any atom is 0.251 e. The summed E-state index contributed by atoms with van der Waals surface area (Å²) in [6.45, 7) is 4.36. The first-order valence-electron chi connectivity index (χ1n) is 6.96. The van der Waals surface area contributed by atoms with Crippen molar-refractivity contribution in [2.45, 2.75) is 19.8 Å². The van der Waals surface area contributed by atoms with Gasteiger partial charge in [0.05, 0.1) is 25.0 Å². The first-order valence-corrected chi connectivity index (χ1v) is 6.96. The summed E-state index contributed by atoms with van der Waals surface area (Å²) in [5.41, 5.74) is 0.785. The zero-order valence-corrected chi connectivity index (χ0v) is 11.9. The summed E-state index contributed by atoms with van der Waals surface area (Å²) in [6, 6.07) is 1.78. The summed E-state index contributed by atoms with van der Waals surface area (Å²) in [6.07, 6.45) is 2.39. The normalized spacial score (nSPS) is 15.4. The molecule has 2 aromatic heterocycles. The number of hydrogen-bond acceptors (Lipinski definition) is 6. The number of ether oxygens (including phenoxy) is 1. The lowest BCUT2D eigenvalue weighted by atomic mass is 10.2. The quantitative estimate of drug-likeness (QED) is 0.847. The van der Waals surface area contributed by atoms with Crippen molar-refractivity contribution in [3.63, 3.8) is 0 Å². The second-order valence-corrected chi connectivity index (χ2v) is 4.88. The van der Waals surface area contributed by atoms with E-state index < -0.39 is 0 Å². The van der Waals surface area contributed by atoms with E-state index in [9.17, 15) is 4.79 Å². The fourth-order valence-corrected chi connectivity index (χ4v) is 2.26. The van der Waals surface area contributed by atoms with E-state index in [1.807, 2.05) is 6.92 Å². The predicted molar refractivity (Wildman–Crippen MR) is 72.5 cm³/mol. The number of amides is 1. The third kappa shape index (κ3) is 3.13. The molecule has 2 aromatic rings. The Bertz CT molecular complexity index is 613. The van der Waals surface area contributed by atoms with Crippen LogP contribution in [0.15, 0.2) is 21.2 Å². The van der Waals surface area contributed by atoms with Crippen molar-refractivity contribution < 1.29 is 18.4 Å². The summed E-state index contributed by atoms with van der Waals surface area (Å²) in [5, 5.41) is 7.96. The number of carbonyl (C=O) groups excluding carboxylic acids is 1. The minimum Gasteiger partial charge on any atom is -0.469 e. The van der Waals surface area contributed by atoms with Crippen LogP contribution in [0.4, 0.5) is 0 Å². The topological polar surface area (TPSA) is 81.6 Å². The van der Waals surface area contributed by atoms with E-state index in [0.29, 0.717) is 50.9 Å². The predicted octanol–water partition coefficient (Wildman–Crippen LogP) is 1.43. The summed E-state index contributed by atoms with van der Waals surface area (Å²) >= 11 is 0. The third-order valence-corrected chi connectivity index (χ3v) is 3.47. The number of rotatable bonds is 4. The number of nitrogens with zero attached hydrogens (tertiary/aromatic N) is 3. The second-order valence-electron chi connectivity index (χ2n) is 4.88. The summed E-state index contributed by atoms with van der Waals surface area (Å²) in [4.78, 5) is 13.8. The number of furan rings is 1. The molecule has 0 bridgehead atoms. The highest BCUT2D eigenvalue weighted by Gasteiger charge is 2.18. The van der Waals surface area contributed by atoms with Crippen LogP contribution in [0.1, 0.15) is 18.1 Å². The van der Waals surface area contributed by atoms with Crippen LogP contribution >= 0.6 is 0 Å². The van der Waals surface area contributed by atoms with Gasteiger partial charge in [-0.2, -0.15) is 0 Å². The van der Waals surface area contributed by atoms with E-state index in [-0.39, 0.29) is 5.91 Å². The van der Waals surface area contributed by atoms with Gasteiger partial charge in [0.1, 0.15) is 5.76 Å². The third-order valence-electron chi connectivity index (χ3n) is 3.47. The van der Waals surface area contributed by atoms with Gasteiger partial charge in [0.25, 0.3) is 5.89 Å². The lowest BCUT2D eigenvalue weighted by Crippen LogP contribution is -2.40. The number of morpholine rings is 1. The molecule has 0 N–H and O–H groups in total. The minimum atomic E-state index is 0.0949. The Morgan fingerprint density at radius 1 is 1.33 bits per heavy atom. The molecule has 7 nitrogen and oxygen atoms in total. The molecule has 3 rings (SSSR count). The first-order chi connectivity index (χ1) is 10.2. The first kappa shape index (κ1) is 13.8. The highest BCUT2D eigenvalue weighted by molar-refractivity contribution is 5.76. The molecular weight excluding hydrogens is 274 g/mol. The maximum absolute atomic E-state index is 12.0. The molecular formula is C14H17N3O4. The van der Waals surface area contributed by atoms with Crippen molar-refractivity contribution in [1.82, 2.24) is 15.1 Å². The summed E-state index contributed by atoms with van der Waals surface area (Å²) in [7, 11) is 0. The van der Waals surface area contributed by atoms with Crippen molar-refractivity contribution in [2.75, 3.05) is 26.3 Å². The monoisotopic (exact) mass is 291 g/mol. The fraction of sp³-hybridized carbons (Fsp3) is 0.500. The maximum atomic E-state index is 12.0. The van der Waals surface area contributed by atoms with Crippen LogP contribution in [-0.4, -0.2) is 47.3 Å². The van der Waals surface area contributed by atoms with Gasteiger partial charge < -0.3 is 18.5 Å². The van der Waals surface area contributed by atoms with Crippen molar-refractivity contribution in [1.29, 1.82) is 0 Å². The van der Waals surface area contributed by atoms with Crippen molar-refractivity contribution in [2.24, 2.45) is 0 Å². The summed E-state index contributed by atoms with van der Waals surface area (Å²) < 4.78 is 16.0. The lowest BCUT2D eigenvalue weighted by Gasteiger charge is -2.26. The van der Waals surface area contributed by atoms with E-state index in [0.717, 1.165) is 11.3 Å². The van der Waals surface area contributed by atoms with Crippen molar-refractivity contribution in [3.05, 3.63) is 24.0 Å². The highest BCUT2D eigenvalue weighted by atomic mass is 16.5. The van der Waals surface area contributed by atoms with E-state index >= 15 is 0 Å². The largest absolute Gasteiger partial charge is 0.469 e. The van der Waals surface area contributed by atoms with Crippen molar-refractivity contribution in [3.8, 4) is 11.5 Å². The highest BCUT2D eigenvalue weighted by Crippen LogP contribution is 2.23. The molecule has 21 heavy (non-hydrogen) atoms. The van der Waals surface area contributed by atoms with E-state index in [2.05, 4.69) is 10.2 Å². The van der Waals surface area contributed by atoms with Gasteiger partial charge in [0.2, 0.25) is 11.8 Å². The van der Waals surface area contributed by atoms with Gasteiger partial charge in [-0.05, 0) is 13.0 Å². The molecule has 1 fully saturated rings. The van der Waals surface area contributed by atoms with Crippen LogP contribution in [0.25, 0.3) is 11.5 Å². The smallest absolute Gasteiger partial charge is 0.251 e. The van der Waals surface area contributed by atoms with Gasteiger partial charge in [-0.15, -0.1) is 10.2 Å². The molecule has 0 spiro atoms. The molecule has 7 heteroatoms. The van der Waals surface area contributed by atoms with Gasteiger partial charge >= 0.3 is 0 Å². The Morgan fingerprint density at radius 2 is 2.14 bits per heavy atom. The summed E-state index contributed by atoms with van der Waals surface area (Å²) in [5.74, 6) is 1.72. The van der Waals surface area contributed by atoms with Crippen LogP contribution < -0.4 is 0 Å². The molecule has 1 aliphatic rings. The van der Waals surface area contributed by atoms with E-state index in [1.165, 1.54) is 0 Å². The molecule has 0 aliphatic carbocycles. The molecule has 0 unspecified atom stereocenters. The standard InChI is InChI=1S/C14H17N3O4/c1-10-11(4-7-20-10)14-16-15-12(21-14)2-3-13(18)17-5-8-19-9-6-17/h4,7H,2-3,5-6,8-9H2,1H3. The molecule has 1 saturated heterocycles. The average Bonchev–Trinajstić information content (AvgIpc) is 3.14. The fourth-order valence-electron chi connectivity index (χ4n) is 2.26. The number of aryl methyl sites for hydroxylation is 2. The Hall–Kier alpha value is -2.15. The zero-order chi connectivity index (χ0) is 14.7. The molecule has 1 aliphatic heterocycles. The number of aromatic nitrogens is 2. The number of carbonyl (C=O) groups is 1. The molecule has 0 aromatic carbocycles. The van der Waals surface area contributed by atoms with Gasteiger partial charge in [0.15, 0.2) is 0 Å². The van der Waals surface area contributed by atoms with Crippen LogP contribution in [-0.2, 0) is 16.0 Å². The Balaban J connectivity index is 1.57. The zero-order valence-electron chi connectivity index (χ0n) is 11.9. The second kappa shape index (κ2) is 6.09. The Morgan fingerprint density at radius 3 is 2.86 bits per heavy atom. The van der Waals surface area contributed by atoms with Gasteiger partial charge in [-0.3, -0.25) is 4.79 Å².